The maximum absolute atomic E-state index is 11.7. The van der Waals surface area contributed by atoms with Crippen LogP contribution in [0, 0.1) is 0 Å². The van der Waals surface area contributed by atoms with Crippen LogP contribution in [-0.4, -0.2) is 14.9 Å². The molecule has 0 atom stereocenters. The number of rotatable bonds is 2. The Morgan fingerprint density at radius 3 is 3.23 bits per heavy atom. The van der Waals surface area contributed by atoms with Gasteiger partial charge in [-0.2, -0.15) is 0 Å². The molecule has 2 heterocycles. The molecule has 0 N–H and O–H groups in total. The predicted molar refractivity (Wildman–Crippen MR) is 57.7 cm³/mol. The lowest BCUT2D eigenvalue weighted by molar-refractivity contribution is 0.730. The van der Waals surface area contributed by atoms with Gasteiger partial charge in [0.15, 0.2) is 0 Å². The van der Waals surface area contributed by atoms with E-state index in [9.17, 15) is 4.79 Å². The van der Waals surface area contributed by atoms with Crippen molar-refractivity contribution in [1.82, 2.24) is 9.55 Å². The summed E-state index contributed by atoms with van der Waals surface area (Å²) in [5, 5.41) is 2.66. The smallest absolute Gasteiger partial charge is 0.271 e. The van der Waals surface area contributed by atoms with E-state index in [0.29, 0.717) is 6.54 Å². The highest BCUT2D eigenvalue weighted by molar-refractivity contribution is 9.09. The predicted octanol–water partition coefficient (Wildman–Crippen LogP) is 1.85. The van der Waals surface area contributed by atoms with Crippen molar-refractivity contribution in [3.63, 3.8) is 0 Å². The molecule has 13 heavy (non-hydrogen) atoms. The second-order valence-electron chi connectivity index (χ2n) is 2.57. The lowest BCUT2D eigenvalue weighted by atomic mass is 10.5. The van der Waals surface area contributed by atoms with E-state index in [2.05, 4.69) is 20.9 Å². The van der Waals surface area contributed by atoms with Crippen LogP contribution in [0.3, 0.4) is 0 Å². The highest BCUT2D eigenvalue weighted by Gasteiger charge is 2.03. The number of nitrogens with zero attached hydrogens (tertiary/aromatic N) is 2. The molecule has 0 spiro atoms. The molecule has 0 saturated carbocycles. The van der Waals surface area contributed by atoms with Gasteiger partial charge in [0.1, 0.15) is 4.70 Å². The van der Waals surface area contributed by atoms with E-state index in [1.165, 1.54) is 11.3 Å². The first-order chi connectivity index (χ1) is 6.33. The molecule has 5 heteroatoms. The minimum Gasteiger partial charge on any atom is -0.297 e. The minimum absolute atomic E-state index is 0.0550. The van der Waals surface area contributed by atoms with Crippen molar-refractivity contribution in [2.24, 2.45) is 0 Å². The van der Waals surface area contributed by atoms with Crippen LogP contribution in [-0.2, 0) is 6.54 Å². The highest BCUT2D eigenvalue weighted by Crippen LogP contribution is 2.12. The molecule has 0 radical (unpaired) electrons. The lowest BCUT2D eigenvalue weighted by Crippen LogP contribution is -2.20. The maximum atomic E-state index is 11.7. The fourth-order valence-corrected chi connectivity index (χ4v) is 2.30. The Morgan fingerprint density at radius 2 is 2.46 bits per heavy atom. The molecule has 2 rings (SSSR count). The van der Waals surface area contributed by atoms with Gasteiger partial charge in [-0.05, 0) is 11.4 Å². The van der Waals surface area contributed by atoms with Crippen LogP contribution < -0.4 is 5.56 Å². The minimum atomic E-state index is 0.0550. The van der Waals surface area contributed by atoms with Crippen LogP contribution in [0.5, 0.6) is 0 Å². The molecule has 0 amide bonds. The van der Waals surface area contributed by atoms with Gasteiger partial charge < -0.3 is 0 Å². The Hall–Kier alpha value is -0.680. The van der Waals surface area contributed by atoms with Crippen LogP contribution in [0.1, 0.15) is 0 Å². The maximum Gasteiger partial charge on any atom is 0.271 e. The summed E-state index contributed by atoms with van der Waals surface area (Å²) in [5.74, 6) is 0. The number of aryl methyl sites for hydroxylation is 1. The summed E-state index contributed by atoms with van der Waals surface area (Å²) < 4.78 is 2.36. The Morgan fingerprint density at radius 1 is 1.62 bits per heavy atom. The van der Waals surface area contributed by atoms with Crippen molar-refractivity contribution >= 4 is 37.5 Å². The van der Waals surface area contributed by atoms with E-state index in [-0.39, 0.29) is 5.56 Å². The Bertz CT molecular complexity index is 476. The molecule has 3 nitrogen and oxygen atoms in total. The summed E-state index contributed by atoms with van der Waals surface area (Å²) >= 11 is 4.73. The van der Waals surface area contributed by atoms with Crippen LogP contribution in [0.4, 0.5) is 0 Å². The molecule has 0 fully saturated rings. The first-order valence-electron chi connectivity index (χ1n) is 3.81. The van der Waals surface area contributed by atoms with Crippen LogP contribution in [0.25, 0.3) is 10.2 Å². The van der Waals surface area contributed by atoms with Gasteiger partial charge in [0, 0.05) is 11.9 Å². The fraction of sp³-hybridized carbons (Fsp3) is 0.250. The summed E-state index contributed by atoms with van der Waals surface area (Å²) in [7, 11) is 0. The third-order valence-electron chi connectivity index (χ3n) is 1.76. The Kier molecular flexibility index (Phi) is 2.46. The zero-order chi connectivity index (χ0) is 9.26. The van der Waals surface area contributed by atoms with E-state index in [0.717, 1.165) is 15.5 Å². The SMILES string of the molecule is O=c1c2sccc2ncn1CCBr. The molecule has 0 aromatic carbocycles. The molecule has 2 aromatic rings. The van der Waals surface area contributed by atoms with Gasteiger partial charge in [0.25, 0.3) is 5.56 Å². The zero-order valence-electron chi connectivity index (χ0n) is 6.74. The van der Waals surface area contributed by atoms with Gasteiger partial charge in [-0.1, -0.05) is 15.9 Å². The lowest BCUT2D eigenvalue weighted by Gasteiger charge is -2.00. The molecule has 0 saturated heterocycles. The summed E-state index contributed by atoms with van der Waals surface area (Å²) in [4.78, 5) is 15.9. The molecule has 0 aliphatic heterocycles. The summed E-state index contributed by atoms with van der Waals surface area (Å²) in [6.45, 7) is 0.666. The van der Waals surface area contributed by atoms with Gasteiger partial charge in [0.2, 0.25) is 0 Å². The Labute approximate surface area is 87.2 Å². The number of halogens is 1. The van der Waals surface area contributed by atoms with Crippen molar-refractivity contribution in [1.29, 1.82) is 0 Å². The normalized spacial score (nSPS) is 10.8. The molecule has 0 aliphatic carbocycles. The Balaban J connectivity index is 2.67. The van der Waals surface area contributed by atoms with E-state index in [1.807, 2.05) is 11.4 Å². The summed E-state index contributed by atoms with van der Waals surface area (Å²) in [6.07, 6.45) is 1.60. The quantitative estimate of drug-likeness (QED) is 0.771. The molecular weight excluding hydrogens is 252 g/mol. The molecule has 0 unspecified atom stereocenters. The topological polar surface area (TPSA) is 34.9 Å². The molecule has 68 valence electrons. The number of fused-ring (bicyclic) bond motifs is 1. The van der Waals surface area contributed by atoms with Crippen LogP contribution in [0.2, 0.25) is 0 Å². The van der Waals surface area contributed by atoms with E-state index in [1.54, 1.807) is 10.9 Å². The van der Waals surface area contributed by atoms with Crippen molar-refractivity contribution in [3.8, 4) is 0 Å². The van der Waals surface area contributed by atoms with Crippen molar-refractivity contribution in [2.75, 3.05) is 5.33 Å². The van der Waals surface area contributed by atoms with E-state index >= 15 is 0 Å². The van der Waals surface area contributed by atoms with Gasteiger partial charge in [-0.3, -0.25) is 9.36 Å². The van der Waals surface area contributed by atoms with Crippen LogP contribution >= 0.6 is 27.3 Å². The van der Waals surface area contributed by atoms with E-state index < -0.39 is 0 Å². The fourth-order valence-electron chi connectivity index (χ4n) is 1.13. The zero-order valence-corrected chi connectivity index (χ0v) is 9.14. The van der Waals surface area contributed by atoms with Gasteiger partial charge in [-0.25, -0.2) is 4.98 Å². The van der Waals surface area contributed by atoms with Crippen molar-refractivity contribution in [3.05, 3.63) is 28.1 Å². The largest absolute Gasteiger partial charge is 0.297 e. The second-order valence-corrected chi connectivity index (χ2v) is 4.28. The van der Waals surface area contributed by atoms with Crippen LogP contribution in [0.15, 0.2) is 22.6 Å². The second kappa shape index (κ2) is 3.59. The van der Waals surface area contributed by atoms with Gasteiger partial charge in [0.05, 0.1) is 11.8 Å². The first-order valence-corrected chi connectivity index (χ1v) is 5.81. The monoisotopic (exact) mass is 258 g/mol. The molecule has 0 aliphatic rings. The van der Waals surface area contributed by atoms with Gasteiger partial charge >= 0.3 is 0 Å². The average molecular weight is 259 g/mol. The molecular formula is C8H7BrN2OS. The molecule has 0 bridgehead atoms. The summed E-state index contributed by atoms with van der Waals surface area (Å²) in [5.41, 5.74) is 0.847. The number of alkyl halides is 1. The third kappa shape index (κ3) is 1.53. The first kappa shape index (κ1) is 8.90. The van der Waals surface area contributed by atoms with Gasteiger partial charge in [-0.15, -0.1) is 11.3 Å². The van der Waals surface area contributed by atoms with Crippen molar-refractivity contribution in [2.45, 2.75) is 6.54 Å². The van der Waals surface area contributed by atoms with Crippen molar-refractivity contribution < 1.29 is 0 Å². The number of thiophene rings is 1. The summed E-state index contributed by atoms with van der Waals surface area (Å²) in [6, 6.07) is 1.86. The highest BCUT2D eigenvalue weighted by atomic mass is 79.9. The third-order valence-corrected chi connectivity index (χ3v) is 3.01. The average Bonchev–Trinajstić information content (AvgIpc) is 2.58. The molecule has 2 aromatic heterocycles. The van der Waals surface area contributed by atoms with E-state index in [4.69, 9.17) is 0 Å². The number of aromatic nitrogens is 2. The standard InChI is InChI=1S/C8H7BrN2OS/c9-2-3-11-5-10-6-1-4-13-7(6)8(11)12/h1,4-5H,2-3H2. The number of hydrogen-bond donors (Lipinski definition) is 0. The number of hydrogen-bond acceptors (Lipinski definition) is 3.